The summed E-state index contributed by atoms with van der Waals surface area (Å²) < 4.78 is 5.41. The van der Waals surface area contributed by atoms with E-state index in [2.05, 4.69) is 5.32 Å². The Morgan fingerprint density at radius 1 is 1.32 bits per heavy atom. The average molecular weight is 265 g/mol. The highest BCUT2D eigenvalue weighted by Gasteiger charge is 2.21. The first-order valence-corrected chi connectivity index (χ1v) is 6.23. The van der Waals surface area contributed by atoms with Gasteiger partial charge >= 0.3 is 5.97 Å². The fourth-order valence-corrected chi connectivity index (χ4v) is 1.50. The smallest absolute Gasteiger partial charge is 0.326 e. The van der Waals surface area contributed by atoms with Crippen LogP contribution in [0.25, 0.3) is 0 Å². The van der Waals surface area contributed by atoms with E-state index in [1.54, 1.807) is 13.8 Å². The summed E-state index contributed by atoms with van der Waals surface area (Å²) in [5.74, 6) is -1.45. The molecule has 5 nitrogen and oxygen atoms in total. The Hall–Kier alpha value is -1.88. The summed E-state index contributed by atoms with van der Waals surface area (Å²) >= 11 is 0. The van der Waals surface area contributed by atoms with Crippen molar-refractivity contribution in [2.45, 2.75) is 39.0 Å². The SMILES string of the molecule is CC[C@@H](NC(=O)C(C)OCc1ccccc1)C(=O)O. The molecule has 104 valence electrons. The molecule has 1 aromatic rings. The number of carbonyl (C=O) groups excluding carboxylic acids is 1. The highest BCUT2D eigenvalue weighted by Crippen LogP contribution is 2.04. The van der Waals surface area contributed by atoms with Crippen LogP contribution < -0.4 is 5.32 Å². The summed E-state index contributed by atoms with van der Waals surface area (Å²) in [6.45, 7) is 3.63. The van der Waals surface area contributed by atoms with E-state index < -0.39 is 24.0 Å². The number of aliphatic carboxylic acids is 1. The summed E-state index contributed by atoms with van der Waals surface area (Å²) in [5, 5.41) is 11.3. The van der Waals surface area contributed by atoms with Crippen LogP contribution in [0.4, 0.5) is 0 Å². The fraction of sp³-hybridized carbons (Fsp3) is 0.429. The van der Waals surface area contributed by atoms with Gasteiger partial charge in [-0.2, -0.15) is 0 Å². The third kappa shape index (κ3) is 5.09. The van der Waals surface area contributed by atoms with E-state index in [1.807, 2.05) is 30.3 Å². The van der Waals surface area contributed by atoms with Crippen LogP contribution in [-0.4, -0.2) is 29.1 Å². The lowest BCUT2D eigenvalue weighted by Crippen LogP contribution is -2.45. The van der Waals surface area contributed by atoms with Crippen LogP contribution in [0, 0.1) is 0 Å². The maximum atomic E-state index is 11.7. The molecular weight excluding hydrogens is 246 g/mol. The Kier molecular flexibility index (Phi) is 6.02. The van der Waals surface area contributed by atoms with E-state index in [-0.39, 0.29) is 0 Å². The normalized spacial score (nSPS) is 13.6. The number of carboxylic acids is 1. The third-order valence-corrected chi connectivity index (χ3v) is 2.73. The zero-order chi connectivity index (χ0) is 14.3. The number of hydrogen-bond donors (Lipinski definition) is 2. The van der Waals surface area contributed by atoms with Crippen molar-refractivity contribution in [3.8, 4) is 0 Å². The Bertz CT molecular complexity index is 419. The van der Waals surface area contributed by atoms with Gasteiger partial charge < -0.3 is 15.2 Å². The molecule has 2 N–H and O–H groups in total. The molecule has 0 heterocycles. The lowest BCUT2D eigenvalue weighted by molar-refractivity contribution is -0.144. The van der Waals surface area contributed by atoms with Gasteiger partial charge in [0, 0.05) is 0 Å². The lowest BCUT2D eigenvalue weighted by atomic mass is 10.2. The second-order valence-corrected chi connectivity index (χ2v) is 4.25. The van der Waals surface area contributed by atoms with Crippen molar-refractivity contribution in [1.82, 2.24) is 5.32 Å². The number of carbonyl (C=O) groups is 2. The number of benzene rings is 1. The third-order valence-electron chi connectivity index (χ3n) is 2.73. The second-order valence-electron chi connectivity index (χ2n) is 4.25. The largest absolute Gasteiger partial charge is 0.480 e. The molecule has 1 amide bonds. The molecule has 0 saturated carbocycles. The summed E-state index contributed by atoms with van der Waals surface area (Å²) in [6, 6.07) is 8.61. The molecule has 19 heavy (non-hydrogen) atoms. The number of rotatable bonds is 7. The molecular formula is C14H19NO4. The number of hydrogen-bond acceptors (Lipinski definition) is 3. The van der Waals surface area contributed by atoms with Crippen LogP contribution in [0.3, 0.4) is 0 Å². The van der Waals surface area contributed by atoms with Gasteiger partial charge in [-0.25, -0.2) is 4.79 Å². The molecule has 0 aliphatic heterocycles. The minimum atomic E-state index is -1.04. The Labute approximate surface area is 112 Å². The van der Waals surface area contributed by atoms with Crippen LogP contribution in [0.15, 0.2) is 30.3 Å². The molecule has 5 heteroatoms. The number of nitrogens with one attached hydrogen (secondary N) is 1. The van der Waals surface area contributed by atoms with Crippen LogP contribution in [0.2, 0.25) is 0 Å². The number of ether oxygens (including phenoxy) is 1. The highest BCUT2D eigenvalue weighted by atomic mass is 16.5. The minimum Gasteiger partial charge on any atom is -0.480 e. The van der Waals surface area contributed by atoms with Crippen molar-refractivity contribution in [3.05, 3.63) is 35.9 Å². The van der Waals surface area contributed by atoms with Gasteiger partial charge in [0.2, 0.25) is 5.91 Å². The van der Waals surface area contributed by atoms with Crippen LogP contribution in [-0.2, 0) is 20.9 Å². The van der Waals surface area contributed by atoms with Gasteiger partial charge in [0.15, 0.2) is 0 Å². The number of amides is 1. The fourth-order valence-electron chi connectivity index (χ4n) is 1.50. The standard InChI is InChI=1S/C14H19NO4/c1-3-12(14(17)18)15-13(16)10(2)19-9-11-7-5-4-6-8-11/h4-8,10,12H,3,9H2,1-2H3,(H,15,16)(H,17,18)/t10?,12-/m1/s1. The lowest BCUT2D eigenvalue weighted by Gasteiger charge is -2.17. The topological polar surface area (TPSA) is 75.6 Å². The first-order valence-electron chi connectivity index (χ1n) is 6.23. The van der Waals surface area contributed by atoms with Crippen molar-refractivity contribution in [3.63, 3.8) is 0 Å². The first kappa shape index (κ1) is 15.2. The zero-order valence-corrected chi connectivity index (χ0v) is 11.1. The van der Waals surface area contributed by atoms with Crippen molar-refractivity contribution in [2.24, 2.45) is 0 Å². The molecule has 0 saturated heterocycles. The minimum absolute atomic E-state index is 0.319. The van der Waals surface area contributed by atoms with Crippen molar-refractivity contribution in [2.75, 3.05) is 0 Å². The molecule has 0 bridgehead atoms. The molecule has 0 radical (unpaired) electrons. The summed E-state index contributed by atoms with van der Waals surface area (Å²) in [6.07, 6.45) is -0.347. The van der Waals surface area contributed by atoms with Gasteiger partial charge in [0.25, 0.3) is 0 Å². The van der Waals surface area contributed by atoms with Gasteiger partial charge in [-0.15, -0.1) is 0 Å². The summed E-state index contributed by atoms with van der Waals surface area (Å²) in [4.78, 5) is 22.6. The molecule has 1 rings (SSSR count). The van der Waals surface area contributed by atoms with E-state index in [0.29, 0.717) is 13.0 Å². The van der Waals surface area contributed by atoms with Crippen LogP contribution in [0.5, 0.6) is 0 Å². The predicted octanol–water partition coefficient (Wildman–Crippen LogP) is 1.57. The molecule has 1 unspecified atom stereocenters. The number of carboxylic acid groups (broad SMARTS) is 1. The van der Waals surface area contributed by atoms with Crippen LogP contribution >= 0.6 is 0 Å². The first-order chi connectivity index (χ1) is 9.04. The van der Waals surface area contributed by atoms with Crippen molar-refractivity contribution >= 4 is 11.9 Å². The molecule has 1 aromatic carbocycles. The maximum Gasteiger partial charge on any atom is 0.326 e. The summed E-state index contributed by atoms with van der Waals surface area (Å²) in [5.41, 5.74) is 0.965. The molecule has 0 aromatic heterocycles. The Morgan fingerprint density at radius 2 is 1.95 bits per heavy atom. The molecule has 0 aliphatic carbocycles. The molecule has 0 spiro atoms. The van der Waals surface area contributed by atoms with Gasteiger partial charge in [-0.1, -0.05) is 37.3 Å². The quantitative estimate of drug-likeness (QED) is 0.784. The van der Waals surface area contributed by atoms with Crippen molar-refractivity contribution in [1.29, 1.82) is 0 Å². The van der Waals surface area contributed by atoms with Crippen LogP contribution in [0.1, 0.15) is 25.8 Å². The van der Waals surface area contributed by atoms with E-state index in [9.17, 15) is 9.59 Å². The molecule has 2 atom stereocenters. The zero-order valence-electron chi connectivity index (χ0n) is 11.1. The Balaban J connectivity index is 2.42. The monoisotopic (exact) mass is 265 g/mol. The van der Waals surface area contributed by atoms with Gasteiger partial charge in [-0.05, 0) is 18.9 Å². The van der Waals surface area contributed by atoms with E-state index >= 15 is 0 Å². The second kappa shape index (κ2) is 7.53. The van der Waals surface area contributed by atoms with E-state index in [1.165, 1.54) is 0 Å². The predicted molar refractivity (Wildman–Crippen MR) is 70.6 cm³/mol. The average Bonchev–Trinajstić information content (AvgIpc) is 2.42. The maximum absolute atomic E-state index is 11.7. The van der Waals surface area contributed by atoms with E-state index in [0.717, 1.165) is 5.56 Å². The van der Waals surface area contributed by atoms with Gasteiger partial charge in [0.1, 0.15) is 12.1 Å². The Morgan fingerprint density at radius 3 is 2.47 bits per heavy atom. The summed E-state index contributed by atoms with van der Waals surface area (Å²) in [7, 11) is 0. The highest BCUT2D eigenvalue weighted by molar-refractivity contribution is 5.85. The molecule has 0 fully saturated rings. The van der Waals surface area contributed by atoms with Gasteiger partial charge in [-0.3, -0.25) is 4.79 Å². The van der Waals surface area contributed by atoms with Crippen molar-refractivity contribution < 1.29 is 19.4 Å². The van der Waals surface area contributed by atoms with E-state index in [4.69, 9.17) is 9.84 Å². The van der Waals surface area contributed by atoms with Gasteiger partial charge in [0.05, 0.1) is 6.61 Å². The molecule has 0 aliphatic rings.